The van der Waals surface area contributed by atoms with E-state index in [4.69, 9.17) is 15.2 Å². The van der Waals surface area contributed by atoms with E-state index in [1.54, 1.807) is 0 Å². The Bertz CT molecular complexity index is 615. The number of nitrogens with two attached hydrogens (primary N) is 1. The van der Waals surface area contributed by atoms with Crippen molar-refractivity contribution in [3.63, 3.8) is 0 Å². The first-order chi connectivity index (χ1) is 9.40. The van der Waals surface area contributed by atoms with Gasteiger partial charge in [0.1, 0.15) is 17.1 Å². The van der Waals surface area contributed by atoms with Crippen molar-refractivity contribution in [2.75, 3.05) is 12.8 Å². The number of benzene rings is 1. The first kappa shape index (κ1) is 14.0. The van der Waals surface area contributed by atoms with Crippen LogP contribution >= 0.6 is 0 Å². The second-order valence-corrected chi connectivity index (χ2v) is 3.89. The molecule has 0 amide bonds. The van der Waals surface area contributed by atoms with Gasteiger partial charge in [-0.05, 0) is 24.3 Å². The van der Waals surface area contributed by atoms with E-state index in [-0.39, 0.29) is 23.1 Å². The van der Waals surface area contributed by atoms with Crippen LogP contribution in [0.3, 0.4) is 0 Å². The average Bonchev–Trinajstić information content (AvgIpc) is 2.40. The number of hydrogen-bond acceptors (Lipinski definition) is 4. The zero-order valence-corrected chi connectivity index (χ0v) is 10.4. The number of nitrogens with zero attached hydrogens (tertiary/aromatic N) is 1. The van der Waals surface area contributed by atoms with Crippen LogP contribution in [0.2, 0.25) is 0 Å². The van der Waals surface area contributed by atoms with Crippen LogP contribution < -0.4 is 15.2 Å². The highest BCUT2D eigenvalue weighted by Crippen LogP contribution is 2.39. The Kier molecular flexibility index (Phi) is 3.69. The van der Waals surface area contributed by atoms with Crippen LogP contribution in [0.1, 0.15) is 5.56 Å². The summed E-state index contributed by atoms with van der Waals surface area (Å²) in [6, 6.07) is 6.15. The van der Waals surface area contributed by atoms with Crippen molar-refractivity contribution in [3.05, 3.63) is 42.1 Å². The first-order valence-electron chi connectivity index (χ1n) is 5.55. The topological polar surface area (TPSA) is 57.4 Å². The highest BCUT2D eigenvalue weighted by molar-refractivity contribution is 5.50. The Hall–Kier alpha value is -2.44. The summed E-state index contributed by atoms with van der Waals surface area (Å²) in [4.78, 5) is 3.84. The number of rotatable bonds is 3. The molecular formula is C13H11F3N2O2. The van der Waals surface area contributed by atoms with Gasteiger partial charge in [0.05, 0.1) is 7.11 Å². The monoisotopic (exact) mass is 284 g/mol. The van der Waals surface area contributed by atoms with Crippen LogP contribution in [0.15, 0.2) is 36.5 Å². The van der Waals surface area contributed by atoms with Crippen molar-refractivity contribution in [1.82, 2.24) is 4.98 Å². The van der Waals surface area contributed by atoms with E-state index < -0.39 is 11.7 Å². The van der Waals surface area contributed by atoms with Crippen molar-refractivity contribution in [2.45, 2.75) is 6.18 Å². The number of nitrogen functional groups attached to an aromatic ring is 1. The van der Waals surface area contributed by atoms with Crippen LogP contribution in [0.4, 0.5) is 18.9 Å². The highest BCUT2D eigenvalue weighted by atomic mass is 19.4. The minimum absolute atomic E-state index is 0.0111. The third kappa shape index (κ3) is 3.11. The molecule has 0 saturated heterocycles. The molecule has 0 spiro atoms. The van der Waals surface area contributed by atoms with E-state index in [0.717, 1.165) is 6.07 Å². The van der Waals surface area contributed by atoms with Gasteiger partial charge in [-0.2, -0.15) is 13.2 Å². The zero-order chi connectivity index (χ0) is 14.8. The third-order valence-corrected chi connectivity index (χ3v) is 2.45. The SMILES string of the molecule is COc1cc(Oc2ccc(N)cc2C(F)(F)F)ccn1. The predicted molar refractivity (Wildman–Crippen MR) is 66.7 cm³/mol. The number of anilines is 1. The molecule has 106 valence electrons. The number of pyridine rings is 1. The van der Waals surface area contributed by atoms with Crippen LogP contribution in [0.25, 0.3) is 0 Å². The minimum Gasteiger partial charge on any atom is -0.481 e. The maximum absolute atomic E-state index is 12.9. The lowest BCUT2D eigenvalue weighted by atomic mass is 10.1. The zero-order valence-electron chi connectivity index (χ0n) is 10.4. The average molecular weight is 284 g/mol. The smallest absolute Gasteiger partial charge is 0.420 e. The molecule has 4 nitrogen and oxygen atoms in total. The van der Waals surface area contributed by atoms with Crippen LogP contribution in [-0.4, -0.2) is 12.1 Å². The molecule has 1 aromatic carbocycles. The van der Waals surface area contributed by atoms with Gasteiger partial charge < -0.3 is 15.2 Å². The van der Waals surface area contributed by atoms with Gasteiger partial charge in [0.15, 0.2) is 0 Å². The molecule has 0 unspecified atom stereocenters. The Morgan fingerprint density at radius 3 is 2.55 bits per heavy atom. The lowest BCUT2D eigenvalue weighted by molar-refractivity contribution is -0.138. The number of ether oxygens (including phenoxy) is 2. The molecule has 1 heterocycles. The fraction of sp³-hybridized carbons (Fsp3) is 0.154. The molecule has 0 radical (unpaired) electrons. The summed E-state index contributed by atoms with van der Waals surface area (Å²) in [6.45, 7) is 0. The number of aromatic nitrogens is 1. The molecule has 2 N–H and O–H groups in total. The fourth-order valence-corrected chi connectivity index (χ4v) is 1.55. The van der Waals surface area contributed by atoms with Crippen molar-refractivity contribution in [2.24, 2.45) is 0 Å². The molecule has 0 atom stereocenters. The second kappa shape index (κ2) is 5.28. The molecule has 0 aliphatic carbocycles. The number of hydrogen-bond donors (Lipinski definition) is 1. The van der Waals surface area contributed by atoms with Crippen molar-refractivity contribution in [1.29, 1.82) is 0 Å². The van der Waals surface area contributed by atoms with Gasteiger partial charge in [-0.1, -0.05) is 0 Å². The standard InChI is InChI=1S/C13H11F3N2O2/c1-19-12-7-9(4-5-18-12)20-11-3-2-8(17)6-10(11)13(14,15)16/h2-7H,17H2,1H3. The third-order valence-electron chi connectivity index (χ3n) is 2.45. The molecule has 0 saturated carbocycles. The summed E-state index contributed by atoms with van der Waals surface area (Å²) in [5.41, 5.74) is 4.45. The normalized spacial score (nSPS) is 11.2. The molecule has 0 fully saturated rings. The molecule has 2 aromatic rings. The van der Waals surface area contributed by atoms with Crippen LogP contribution in [0, 0.1) is 0 Å². The molecule has 20 heavy (non-hydrogen) atoms. The molecule has 1 aromatic heterocycles. The van der Waals surface area contributed by atoms with E-state index in [9.17, 15) is 13.2 Å². The Morgan fingerprint density at radius 2 is 1.90 bits per heavy atom. The summed E-state index contributed by atoms with van der Waals surface area (Å²) in [5, 5.41) is 0. The molecule has 7 heteroatoms. The first-order valence-corrected chi connectivity index (χ1v) is 5.55. The van der Waals surface area contributed by atoms with Gasteiger partial charge in [0, 0.05) is 18.0 Å². The maximum atomic E-state index is 12.9. The number of alkyl halides is 3. The lowest BCUT2D eigenvalue weighted by Gasteiger charge is -2.14. The van der Waals surface area contributed by atoms with Gasteiger partial charge in [-0.15, -0.1) is 0 Å². The summed E-state index contributed by atoms with van der Waals surface area (Å²) in [5.74, 6) is 0.0959. The number of halogens is 3. The van der Waals surface area contributed by atoms with Crippen molar-refractivity contribution >= 4 is 5.69 Å². The quantitative estimate of drug-likeness (QED) is 0.877. The largest absolute Gasteiger partial charge is 0.481 e. The second-order valence-electron chi connectivity index (χ2n) is 3.89. The van der Waals surface area contributed by atoms with Crippen LogP contribution in [-0.2, 0) is 6.18 Å². The van der Waals surface area contributed by atoms with Gasteiger partial charge in [-0.25, -0.2) is 4.98 Å². The van der Waals surface area contributed by atoms with Crippen molar-refractivity contribution < 1.29 is 22.6 Å². The molecular weight excluding hydrogens is 273 g/mol. The minimum atomic E-state index is -4.55. The van der Waals surface area contributed by atoms with Gasteiger partial charge in [0.25, 0.3) is 0 Å². The highest BCUT2D eigenvalue weighted by Gasteiger charge is 2.34. The van der Waals surface area contributed by atoms with Crippen molar-refractivity contribution in [3.8, 4) is 17.4 Å². The number of methoxy groups -OCH3 is 1. The molecule has 0 aliphatic heterocycles. The summed E-state index contributed by atoms with van der Waals surface area (Å²) >= 11 is 0. The van der Waals surface area contributed by atoms with E-state index in [0.29, 0.717) is 0 Å². The Labute approximate surface area is 113 Å². The Morgan fingerprint density at radius 1 is 1.15 bits per heavy atom. The van der Waals surface area contributed by atoms with E-state index in [2.05, 4.69) is 4.98 Å². The van der Waals surface area contributed by atoms with Crippen LogP contribution in [0.5, 0.6) is 17.4 Å². The molecule has 2 rings (SSSR count). The van der Waals surface area contributed by atoms with Gasteiger partial charge in [0.2, 0.25) is 5.88 Å². The summed E-state index contributed by atoms with van der Waals surface area (Å²) in [6.07, 6.45) is -3.18. The summed E-state index contributed by atoms with van der Waals surface area (Å²) in [7, 11) is 1.40. The predicted octanol–water partition coefficient (Wildman–Crippen LogP) is 3.48. The molecule has 0 bridgehead atoms. The van der Waals surface area contributed by atoms with Gasteiger partial charge >= 0.3 is 6.18 Å². The van der Waals surface area contributed by atoms with E-state index in [1.165, 1.54) is 37.6 Å². The molecule has 0 aliphatic rings. The Balaban J connectivity index is 2.38. The lowest BCUT2D eigenvalue weighted by Crippen LogP contribution is -2.08. The fourth-order valence-electron chi connectivity index (χ4n) is 1.55. The van der Waals surface area contributed by atoms with E-state index in [1.807, 2.05) is 0 Å². The van der Waals surface area contributed by atoms with Gasteiger partial charge in [-0.3, -0.25) is 0 Å². The van der Waals surface area contributed by atoms with E-state index >= 15 is 0 Å². The maximum Gasteiger partial charge on any atom is 0.420 e. The summed E-state index contributed by atoms with van der Waals surface area (Å²) < 4.78 is 48.8.